The maximum absolute atomic E-state index is 12.1. The zero-order valence-electron chi connectivity index (χ0n) is 11.7. The molecule has 2 aromatic rings. The third-order valence-electron chi connectivity index (χ3n) is 3.59. The number of aromatic nitrogens is 3. The molecule has 1 saturated heterocycles. The minimum atomic E-state index is -0.418. The van der Waals surface area contributed by atoms with E-state index >= 15 is 0 Å². The average Bonchev–Trinajstić information content (AvgIpc) is 3.09. The van der Waals surface area contributed by atoms with E-state index in [2.05, 4.69) is 15.2 Å². The Hall–Kier alpha value is -2.97. The van der Waals surface area contributed by atoms with Gasteiger partial charge in [0.2, 0.25) is 0 Å². The van der Waals surface area contributed by atoms with Gasteiger partial charge in [-0.05, 0) is 12.1 Å². The third-order valence-corrected chi connectivity index (χ3v) is 3.59. The van der Waals surface area contributed by atoms with Gasteiger partial charge in [-0.3, -0.25) is 10.1 Å². The van der Waals surface area contributed by atoms with Crippen molar-refractivity contribution in [2.75, 3.05) is 31.1 Å². The van der Waals surface area contributed by atoms with Gasteiger partial charge in [0.05, 0.1) is 17.3 Å². The minimum Gasteiger partial charge on any atom is -0.368 e. The van der Waals surface area contributed by atoms with Crippen molar-refractivity contribution in [1.82, 2.24) is 19.9 Å². The van der Waals surface area contributed by atoms with Crippen LogP contribution < -0.4 is 4.90 Å². The maximum atomic E-state index is 12.1. The molecular weight excluding hydrogens is 288 g/mol. The Morgan fingerprint density at radius 3 is 2.36 bits per heavy atom. The quantitative estimate of drug-likeness (QED) is 0.606. The molecule has 1 amide bonds. The maximum Gasteiger partial charge on any atom is 0.346 e. The van der Waals surface area contributed by atoms with E-state index < -0.39 is 4.92 Å². The Kier molecular flexibility index (Phi) is 3.69. The normalized spacial score (nSPS) is 14.9. The molecule has 2 heterocycles. The fourth-order valence-corrected chi connectivity index (χ4v) is 2.40. The van der Waals surface area contributed by atoms with Gasteiger partial charge in [-0.15, -0.1) is 5.10 Å². The van der Waals surface area contributed by atoms with Gasteiger partial charge in [0, 0.05) is 44.0 Å². The summed E-state index contributed by atoms with van der Waals surface area (Å²) < 4.78 is 1.21. The van der Waals surface area contributed by atoms with Crippen molar-refractivity contribution < 1.29 is 9.72 Å². The molecule has 0 atom stereocenters. The molecule has 0 unspecified atom stereocenters. The monoisotopic (exact) mass is 302 g/mol. The van der Waals surface area contributed by atoms with E-state index in [4.69, 9.17) is 0 Å². The molecule has 114 valence electrons. The molecule has 0 radical (unpaired) electrons. The predicted molar refractivity (Wildman–Crippen MR) is 77.7 cm³/mol. The molecule has 0 bridgehead atoms. The molecule has 0 N–H and O–H groups in total. The number of rotatable bonds is 2. The van der Waals surface area contributed by atoms with Crippen molar-refractivity contribution in [2.24, 2.45) is 0 Å². The Labute approximate surface area is 125 Å². The average molecular weight is 302 g/mol. The van der Waals surface area contributed by atoms with E-state index in [9.17, 15) is 14.9 Å². The molecule has 1 aliphatic rings. The number of anilines is 1. The number of nitrogens with zero attached hydrogens (tertiary/aromatic N) is 6. The van der Waals surface area contributed by atoms with Gasteiger partial charge in [-0.25, -0.2) is 4.79 Å². The van der Waals surface area contributed by atoms with E-state index in [0.717, 1.165) is 5.69 Å². The highest BCUT2D eigenvalue weighted by Crippen LogP contribution is 2.20. The van der Waals surface area contributed by atoms with Crippen LogP contribution in [-0.2, 0) is 0 Å². The van der Waals surface area contributed by atoms with Crippen LogP contribution in [0.5, 0.6) is 0 Å². The number of nitro benzene ring substituents is 1. The van der Waals surface area contributed by atoms with Crippen LogP contribution in [0, 0.1) is 10.1 Å². The van der Waals surface area contributed by atoms with Gasteiger partial charge in [0.25, 0.3) is 5.69 Å². The smallest absolute Gasteiger partial charge is 0.346 e. The highest BCUT2D eigenvalue weighted by molar-refractivity contribution is 5.76. The summed E-state index contributed by atoms with van der Waals surface area (Å²) in [6, 6.07) is 6.24. The molecule has 9 nitrogen and oxygen atoms in total. The summed E-state index contributed by atoms with van der Waals surface area (Å²) in [5.41, 5.74) is 0.988. The van der Waals surface area contributed by atoms with Gasteiger partial charge in [0.15, 0.2) is 0 Å². The van der Waals surface area contributed by atoms with E-state index in [1.165, 1.54) is 29.2 Å². The zero-order valence-corrected chi connectivity index (χ0v) is 11.7. The molecule has 22 heavy (non-hydrogen) atoms. The molecule has 3 rings (SSSR count). The van der Waals surface area contributed by atoms with Crippen molar-refractivity contribution in [2.45, 2.75) is 0 Å². The van der Waals surface area contributed by atoms with Gasteiger partial charge >= 0.3 is 6.03 Å². The van der Waals surface area contributed by atoms with E-state index in [1.54, 1.807) is 17.0 Å². The van der Waals surface area contributed by atoms with Crippen molar-refractivity contribution in [3.8, 4) is 0 Å². The first-order valence-corrected chi connectivity index (χ1v) is 6.80. The standard InChI is InChI=1S/C13H14N6O3/c20-13(18-6-5-14-15-18)17-9-7-16(8-10-17)11-1-3-12(4-2-11)19(21)22/h1-6H,7-10H2. The second-order valence-corrected chi connectivity index (χ2v) is 4.88. The van der Waals surface area contributed by atoms with Crippen LogP contribution in [0.2, 0.25) is 0 Å². The Bertz CT molecular complexity index is 662. The largest absolute Gasteiger partial charge is 0.368 e. The molecule has 1 aromatic carbocycles. The summed E-state index contributed by atoms with van der Waals surface area (Å²) in [5, 5.41) is 18.0. The molecule has 0 spiro atoms. The predicted octanol–water partition coefficient (Wildman–Crippen LogP) is 0.977. The van der Waals surface area contributed by atoms with Gasteiger partial charge in [-0.1, -0.05) is 5.21 Å². The van der Waals surface area contributed by atoms with Crippen LogP contribution in [0.25, 0.3) is 0 Å². The van der Waals surface area contributed by atoms with Crippen LogP contribution in [0.1, 0.15) is 0 Å². The first-order chi connectivity index (χ1) is 10.6. The van der Waals surface area contributed by atoms with Gasteiger partial charge in [-0.2, -0.15) is 4.68 Å². The summed E-state index contributed by atoms with van der Waals surface area (Å²) in [4.78, 5) is 26.1. The summed E-state index contributed by atoms with van der Waals surface area (Å²) in [7, 11) is 0. The number of amides is 1. The third kappa shape index (κ3) is 2.73. The Balaban J connectivity index is 1.62. The second kappa shape index (κ2) is 5.80. The van der Waals surface area contributed by atoms with Crippen LogP contribution in [0.3, 0.4) is 0 Å². The van der Waals surface area contributed by atoms with E-state index in [-0.39, 0.29) is 11.7 Å². The van der Waals surface area contributed by atoms with Crippen LogP contribution in [-0.4, -0.2) is 57.0 Å². The summed E-state index contributed by atoms with van der Waals surface area (Å²) in [5.74, 6) is 0. The van der Waals surface area contributed by atoms with Crippen molar-refractivity contribution in [1.29, 1.82) is 0 Å². The fourth-order valence-electron chi connectivity index (χ4n) is 2.40. The van der Waals surface area contributed by atoms with Crippen LogP contribution in [0.4, 0.5) is 16.2 Å². The Morgan fingerprint density at radius 1 is 1.14 bits per heavy atom. The molecule has 9 heteroatoms. The van der Waals surface area contributed by atoms with Crippen molar-refractivity contribution >= 4 is 17.4 Å². The zero-order chi connectivity index (χ0) is 15.5. The van der Waals surface area contributed by atoms with Gasteiger partial charge < -0.3 is 9.80 Å². The molecule has 0 saturated carbocycles. The number of piperazine rings is 1. The van der Waals surface area contributed by atoms with Crippen molar-refractivity contribution in [3.05, 3.63) is 46.8 Å². The Morgan fingerprint density at radius 2 is 1.82 bits per heavy atom. The number of non-ortho nitro benzene ring substituents is 1. The van der Waals surface area contributed by atoms with E-state index in [1.807, 2.05) is 0 Å². The minimum absolute atomic E-state index is 0.0729. The lowest BCUT2D eigenvalue weighted by Crippen LogP contribution is -2.50. The lowest BCUT2D eigenvalue weighted by molar-refractivity contribution is -0.384. The molecular formula is C13H14N6O3. The van der Waals surface area contributed by atoms with Crippen LogP contribution >= 0.6 is 0 Å². The molecule has 1 fully saturated rings. The number of carbonyl (C=O) groups excluding carboxylic acids is 1. The number of carbonyl (C=O) groups is 1. The summed E-state index contributed by atoms with van der Waals surface area (Å²) in [6.45, 7) is 2.46. The number of nitro groups is 1. The van der Waals surface area contributed by atoms with Crippen LogP contribution in [0.15, 0.2) is 36.7 Å². The SMILES string of the molecule is O=C(N1CCN(c2ccc([N+](=O)[O-])cc2)CC1)n1ccnn1. The lowest BCUT2D eigenvalue weighted by Gasteiger charge is -2.35. The number of hydrogen-bond donors (Lipinski definition) is 0. The van der Waals surface area contributed by atoms with Crippen molar-refractivity contribution in [3.63, 3.8) is 0 Å². The highest BCUT2D eigenvalue weighted by Gasteiger charge is 2.23. The molecule has 0 aliphatic carbocycles. The molecule has 1 aromatic heterocycles. The first-order valence-electron chi connectivity index (χ1n) is 6.80. The lowest BCUT2D eigenvalue weighted by atomic mass is 10.2. The summed E-state index contributed by atoms with van der Waals surface area (Å²) >= 11 is 0. The highest BCUT2D eigenvalue weighted by atomic mass is 16.6. The second-order valence-electron chi connectivity index (χ2n) is 4.88. The number of benzene rings is 1. The topological polar surface area (TPSA) is 97.4 Å². The first kappa shape index (κ1) is 14.0. The number of hydrogen-bond acceptors (Lipinski definition) is 6. The molecule has 1 aliphatic heterocycles. The van der Waals surface area contributed by atoms with Gasteiger partial charge in [0.1, 0.15) is 0 Å². The summed E-state index contributed by atoms with van der Waals surface area (Å²) in [6.07, 6.45) is 2.98. The van der Waals surface area contributed by atoms with E-state index in [0.29, 0.717) is 26.2 Å². The fraction of sp³-hybridized carbons (Fsp3) is 0.308.